The van der Waals surface area contributed by atoms with E-state index in [0.29, 0.717) is 34.7 Å². The number of thioether (sulfide) groups is 1. The lowest BCUT2D eigenvalue weighted by molar-refractivity contribution is -0.113. The molecule has 0 fully saturated rings. The van der Waals surface area contributed by atoms with Crippen LogP contribution in [0.5, 0.6) is 0 Å². The van der Waals surface area contributed by atoms with Gasteiger partial charge in [-0.3, -0.25) is 4.79 Å². The Labute approximate surface area is 161 Å². The molecule has 0 bridgehead atoms. The summed E-state index contributed by atoms with van der Waals surface area (Å²) in [6.45, 7) is 1.11. The third-order valence-corrected chi connectivity index (χ3v) is 5.15. The van der Waals surface area contributed by atoms with E-state index in [4.69, 9.17) is 4.74 Å². The topological polar surface area (TPSA) is 81.9 Å². The van der Waals surface area contributed by atoms with Crippen molar-refractivity contribution in [2.24, 2.45) is 0 Å². The molecule has 3 rings (SSSR count). The molecular formula is C16H15F2N5O2S2. The third kappa shape index (κ3) is 5.08. The SMILES string of the molecule is COCCn1cnnc1SCC(=O)Nc1nc(-c2ccc(F)c(F)c2)cs1. The first-order chi connectivity index (χ1) is 13.1. The van der Waals surface area contributed by atoms with Gasteiger partial charge in [-0.1, -0.05) is 11.8 Å². The van der Waals surface area contributed by atoms with E-state index in [-0.39, 0.29) is 11.7 Å². The Bertz CT molecular complexity index is 931. The Morgan fingerprint density at radius 1 is 1.37 bits per heavy atom. The van der Waals surface area contributed by atoms with E-state index < -0.39 is 11.6 Å². The van der Waals surface area contributed by atoms with Crippen LogP contribution >= 0.6 is 23.1 Å². The Morgan fingerprint density at radius 2 is 2.22 bits per heavy atom. The van der Waals surface area contributed by atoms with Gasteiger partial charge in [-0.15, -0.1) is 21.5 Å². The molecule has 11 heteroatoms. The lowest BCUT2D eigenvalue weighted by Gasteiger charge is -2.05. The highest BCUT2D eigenvalue weighted by atomic mass is 32.2. The van der Waals surface area contributed by atoms with Crippen molar-refractivity contribution >= 4 is 34.1 Å². The molecule has 27 heavy (non-hydrogen) atoms. The summed E-state index contributed by atoms with van der Waals surface area (Å²) < 4.78 is 33.2. The number of anilines is 1. The number of nitrogens with one attached hydrogen (secondary N) is 1. The second kappa shape index (κ2) is 9.02. The highest BCUT2D eigenvalue weighted by Gasteiger charge is 2.12. The minimum absolute atomic E-state index is 0.131. The molecular weight excluding hydrogens is 396 g/mol. The number of thiazole rings is 1. The molecule has 0 spiro atoms. The third-order valence-electron chi connectivity index (χ3n) is 3.41. The summed E-state index contributed by atoms with van der Waals surface area (Å²) in [5.41, 5.74) is 0.896. The Hall–Kier alpha value is -2.37. The van der Waals surface area contributed by atoms with Crippen molar-refractivity contribution in [2.75, 3.05) is 24.8 Å². The summed E-state index contributed by atoms with van der Waals surface area (Å²) in [5, 5.41) is 13.1. The summed E-state index contributed by atoms with van der Waals surface area (Å²) in [6, 6.07) is 3.54. The van der Waals surface area contributed by atoms with Crippen molar-refractivity contribution < 1.29 is 18.3 Å². The van der Waals surface area contributed by atoms with Gasteiger partial charge in [-0.2, -0.15) is 0 Å². The molecule has 2 aromatic heterocycles. The maximum atomic E-state index is 13.3. The molecule has 0 aliphatic carbocycles. The van der Waals surface area contributed by atoms with Gasteiger partial charge in [-0.05, 0) is 18.2 Å². The van der Waals surface area contributed by atoms with E-state index in [2.05, 4.69) is 20.5 Å². The predicted molar refractivity (Wildman–Crippen MR) is 98.7 cm³/mol. The van der Waals surface area contributed by atoms with Crippen molar-refractivity contribution in [3.8, 4) is 11.3 Å². The van der Waals surface area contributed by atoms with Crippen molar-refractivity contribution in [3.05, 3.63) is 41.5 Å². The molecule has 0 saturated heterocycles. The number of hydrogen-bond acceptors (Lipinski definition) is 7. The number of nitrogens with zero attached hydrogens (tertiary/aromatic N) is 4. The van der Waals surface area contributed by atoms with Crippen LogP contribution in [0, 0.1) is 11.6 Å². The van der Waals surface area contributed by atoms with Crippen LogP contribution in [0.15, 0.2) is 35.1 Å². The molecule has 2 heterocycles. The molecule has 1 aromatic carbocycles. The molecule has 0 unspecified atom stereocenters. The van der Waals surface area contributed by atoms with Crippen LogP contribution in [-0.2, 0) is 16.1 Å². The van der Waals surface area contributed by atoms with Gasteiger partial charge in [-0.25, -0.2) is 13.8 Å². The van der Waals surface area contributed by atoms with Crippen molar-refractivity contribution in [1.29, 1.82) is 0 Å². The van der Waals surface area contributed by atoms with E-state index >= 15 is 0 Å². The lowest BCUT2D eigenvalue weighted by atomic mass is 10.2. The van der Waals surface area contributed by atoms with Gasteiger partial charge >= 0.3 is 0 Å². The highest BCUT2D eigenvalue weighted by molar-refractivity contribution is 7.99. The molecule has 0 atom stereocenters. The quantitative estimate of drug-likeness (QED) is 0.574. The minimum atomic E-state index is -0.944. The number of aromatic nitrogens is 4. The number of ether oxygens (including phenoxy) is 1. The zero-order chi connectivity index (χ0) is 19.2. The van der Waals surface area contributed by atoms with Gasteiger partial charge in [0.2, 0.25) is 5.91 Å². The number of rotatable bonds is 8. The fourth-order valence-electron chi connectivity index (χ4n) is 2.10. The predicted octanol–water partition coefficient (Wildman–Crippen LogP) is 3.06. The van der Waals surface area contributed by atoms with Gasteiger partial charge in [0.25, 0.3) is 0 Å². The molecule has 0 radical (unpaired) electrons. The first-order valence-electron chi connectivity index (χ1n) is 7.77. The second-order valence-electron chi connectivity index (χ2n) is 5.30. The fraction of sp³-hybridized carbons (Fsp3) is 0.250. The van der Waals surface area contributed by atoms with Crippen LogP contribution in [-0.4, -0.2) is 45.1 Å². The van der Waals surface area contributed by atoms with Gasteiger partial charge in [0, 0.05) is 24.6 Å². The van der Waals surface area contributed by atoms with Crippen LogP contribution in [0.25, 0.3) is 11.3 Å². The summed E-state index contributed by atoms with van der Waals surface area (Å²) in [7, 11) is 1.60. The molecule has 0 saturated carbocycles. The van der Waals surface area contributed by atoms with Crippen LogP contribution in [0.3, 0.4) is 0 Å². The standard InChI is InChI=1S/C16H15F2N5O2S2/c1-25-5-4-23-9-19-22-16(23)27-8-14(24)21-15-20-13(7-26-15)10-2-3-11(17)12(18)6-10/h2-3,6-7,9H,4-5,8H2,1H3,(H,20,21,24). The number of halogens is 2. The summed E-state index contributed by atoms with van der Waals surface area (Å²) in [4.78, 5) is 16.4. The van der Waals surface area contributed by atoms with Crippen molar-refractivity contribution in [2.45, 2.75) is 11.7 Å². The largest absolute Gasteiger partial charge is 0.383 e. The smallest absolute Gasteiger partial charge is 0.236 e. The van der Waals surface area contributed by atoms with E-state index in [1.54, 1.807) is 23.4 Å². The molecule has 0 aliphatic heterocycles. The van der Waals surface area contributed by atoms with Crippen LogP contribution < -0.4 is 5.32 Å². The highest BCUT2D eigenvalue weighted by Crippen LogP contribution is 2.26. The monoisotopic (exact) mass is 411 g/mol. The maximum absolute atomic E-state index is 13.3. The van der Waals surface area contributed by atoms with Crippen LogP contribution in [0.4, 0.5) is 13.9 Å². The number of carbonyl (C=O) groups excluding carboxylic acids is 1. The van der Waals surface area contributed by atoms with Gasteiger partial charge in [0.15, 0.2) is 21.9 Å². The second-order valence-corrected chi connectivity index (χ2v) is 7.10. The van der Waals surface area contributed by atoms with Gasteiger partial charge in [0.05, 0.1) is 18.1 Å². The van der Waals surface area contributed by atoms with E-state index in [1.165, 1.54) is 29.2 Å². The number of methoxy groups -OCH3 is 1. The number of carbonyl (C=O) groups is 1. The van der Waals surface area contributed by atoms with Crippen LogP contribution in [0.1, 0.15) is 0 Å². The van der Waals surface area contributed by atoms with Crippen molar-refractivity contribution in [3.63, 3.8) is 0 Å². The average Bonchev–Trinajstić information content (AvgIpc) is 3.30. The zero-order valence-corrected chi connectivity index (χ0v) is 15.8. The van der Waals surface area contributed by atoms with Gasteiger partial charge < -0.3 is 14.6 Å². The number of hydrogen-bond donors (Lipinski definition) is 1. The Morgan fingerprint density at radius 3 is 3.00 bits per heavy atom. The molecule has 0 aliphatic rings. The normalized spacial score (nSPS) is 10.9. The summed E-state index contributed by atoms with van der Waals surface area (Å²) in [5.74, 6) is -1.99. The Kier molecular flexibility index (Phi) is 6.48. The van der Waals surface area contributed by atoms with E-state index in [1.807, 2.05) is 0 Å². The Balaban J connectivity index is 1.56. The van der Waals surface area contributed by atoms with Crippen molar-refractivity contribution in [1.82, 2.24) is 19.7 Å². The zero-order valence-electron chi connectivity index (χ0n) is 14.2. The lowest BCUT2D eigenvalue weighted by Crippen LogP contribution is -2.14. The molecule has 142 valence electrons. The van der Waals surface area contributed by atoms with Gasteiger partial charge in [0.1, 0.15) is 6.33 Å². The minimum Gasteiger partial charge on any atom is -0.383 e. The van der Waals surface area contributed by atoms with Crippen LogP contribution in [0.2, 0.25) is 0 Å². The summed E-state index contributed by atoms with van der Waals surface area (Å²) in [6.07, 6.45) is 1.58. The maximum Gasteiger partial charge on any atom is 0.236 e. The fourth-order valence-corrected chi connectivity index (χ4v) is 3.58. The van der Waals surface area contributed by atoms with E-state index in [9.17, 15) is 13.6 Å². The molecule has 1 N–H and O–H groups in total. The number of amides is 1. The molecule has 7 nitrogen and oxygen atoms in total. The number of benzene rings is 1. The van der Waals surface area contributed by atoms with E-state index in [0.717, 1.165) is 12.1 Å². The molecule has 1 amide bonds. The first-order valence-corrected chi connectivity index (χ1v) is 9.63. The molecule has 3 aromatic rings. The average molecular weight is 411 g/mol. The first kappa shape index (κ1) is 19.4. The summed E-state index contributed by atoms with van der Waals surface area (Å²) >= 11 is 2.45.